The molecule has 1 aromatic heterocycles. The third-order valence-corrected chi connectivity index (χ3v) is 8.09. The molecule has 0 unspecified atom stereocenters. The van der Waals surface area contributed by atoms with Gasteiger partial charge in [-0.05, 0) is 57.1 Å². The van der Waals surface area contributed by atoms with Crippen LogP contribution in [0.2, 0.25) is 0 Å². The minimum absolute atomic E-state index is 0.0340. The molecule has 1 aliphatic heterocycles. The molecule has 0 spiro atoms. The zero-order valence-corrected chi connectivity index (χ0v) is 20.1. The first-order valence-electron chi connectivity index (χ1n) is 11.6. The first kappa shape index (κ1) is 23.9. The van der Waals surface area contributed by atoms with Gasteiger partial charge in [0.15, 0.2) is 0 Å². The maximum Gasteiger partial charge on any atom is 0.273 e. The van der Waals surface area contributed by atoms with Crippen LogP contribution in [-0.4, -0.2) is 59.9 Å². The normalized spacial score (nSPS) is 15.9. The molecule has 0 aliphatic carbocycles. The minimum atomic E-state index is -3.55. The fourth-order valence-corrected chi connectivity index (χ4v) is 5.79. The fraction of sp³-hybridized carbons (Fsp3) is 0.652. The first-order chi connectivity index (χ1) is 14.8. The van der Waals surface area contributed by atoms with Crippen LogP contribution in [0.15, 0.2) is 27.9 Å². The smallest absolute Gasteiger partial charge is 0.273 e. The van der Waals surface area contributed by atoms with E-state index in [1.807, 2.05) is 13.8 Å². The highest BCUT2D eigenvalue weighted by Gasteiger charge is 2.26. The van der Waals surface area contributed by atoms with E-state index >= 15 is 0 Å². The predicted molar refractivity (Wildman–Crippen MR) is 125 cm³/mol. The highest BCUT2D eigenvalue weighted by Crippen LogP contribution is 2.24. The van der Waals surface area contributed by atoms with Gasteiger partial charge in [0.05, 0.1) is 15.9 Å². The molecule has 0 atom stereocenters. The summed E-state index contributed by atoms with van der Waals surface area (Å²) in [7, 11) is -3.55. The summed E-state index contributed by atoms with van der Waals surface area (Å²) in [4.78, 5) is 20.3. The summed E-state index contributed by atoms with van der Waals surface area (Å²) >= 11 is 0. The van der Waals surface area contributed by atoms with E-state index in [2.05, 4.69) is 23.7 Å². The van der Waals surface area contributed by atoms with Crippen LogP contribution in [0.1, 0.15) is 65.0 Å². The van der Waals surface area contributed by atoms with Crippen molar-refractivity contribution in [2.45, 2.75) is 70.7 Å². The van der Waals surface area contributed by atoms with Crippen LogP contribution in [0.3, 0.4) is 0 Å². The fourth-order valence-electron chi connectivity index (χ4n) is 4.25. The molecule has 2 aromatic rings. The van der Waals surface area contributed by atoms with Gasteiger partial charge in [0.1, 0.15) is 5.69 Å². The molecule has 0 bridgehead atoms. The van der Waals surface area contributed by atoms with E-state index in [0.29, 0.717) is 36.4 Å². The Hall–Kier alpha value is -1.77. The van der Waals surface area contributed by atoms with Crippen LogP contribution < -0.4 is 5.56 Å². The zero-order chi connectivity index (χ0) is 22.6. The Kier molecular flexibility index (Phi) is 7.88. The number of benzene rings is 1. The second kappa shape index (κ2) is 10.2. The summed E-state index contributed by atoms with van der Waals surface area (Å²) in [6.07, 6.45) is 3.72. The lowest BCUT2D eigenvalue weighted by atomic mass is 10.1. The molecule has 0 amide bonds. The van der Waals surface area contributed by atoms with E-state index < -0.39 is 10.0 Å². The van der Waals surface area contributed by atoms with Crippen LogP contribution in [0, 0.1) is 0 Å². The average Bonchev–Trinajstić information content (AvgIpc) is 2.77. The van der Waals surface area contributed by atoms with Gasteiger partial charge in [-0.3, -0.25) is 4.79 Å². The summed E-state index contributed by atoms with van der Waals surface area (Å²) in [5.74, 6) is -0.0340. The molecule has 31 heavy (non-hydrogen) atoms. The SMILES string of the molecule is CCN(CC)CCCn1c(=O)c(C(C)C)nc2cc(S(=O)(=O)N3CCCCC3)ccc21. The van der Waals surface area contributed by atoms with Crippen LogP contribution in [0.25, 0.3) is 11.0 Å². The Morgan fingerprint density at radius 2 is 1.77 bits per heavy atom. The molecule has 2 heterocycles. The molecule has 0 N–H and O–H groups in total. The van der Waals surface area contributed by atoms with Crippen LogP contribution >= 0.6 is 0 Å². The van der Waals surface area contributed by atoms with Crippen LogP contribution in [-0.2, 0) is 16.6 Å². The molecule has 8 heteroatoms. The van der Waals surface area contributed by atoms with Gasteiger partial charge in [0.25, 0.3) is 5.56 Å². The van der Waals surface area contributed by atoms with Crippen molar-refractivity contribution in [2.75, 3.05) is 32.7 Å². The lowest BCUT2D eigenvalue weighted by Gasteiger charge is -2.26. The number of hydrogen-bond donors (Lipinski definition) is 0. The maximum absolute atomic E-state index is 13.1. The van der Waals surface area contributed by atoms with Crippen LogP contribution in [0.5, 0.6) is 0 Å². The van der Waals surface area contributed by atoms with Crippen LogP contribution in [0.4, 0.5) is 0 Å². The molecule has 1 saturated heterocycles. The van der Waals surface area contributed by atoms with Gasteiger partial charge < -0.3 is 9.47 Å². The van der Waals surface area contributed by atoms with Crippen molar-refractivity contribution in [3.05, 3.63) is 34.2 Å². The van der Waals surface area contributed by atoms with Crippen molar-refractivity contribution in [3.63, 3.8) is 0 Å². The number of rotatable bonds is 9. The van der Waals surface area contributed by atoms with Crippen molar-refractivity contribution in [1.82, 2.24) is 18.8 Å². The number of piperidine rings is 1. The maximum atomic E-state index is 13.1. The van der Waals surface area contributed by atoms with E-state index in [1.54, 1.807) is 27.1 Å². The lowest BCUT2D eigenvalue weighted by Crippen LogP contribution is -2.35. The van der Waals surface area contributed by atoms with E-state index in [-0.39, 0.29) is 16.4 Å². The van der Waals surface area contributed by atoms with Crippen molar-refractivity contribution in [2.24, 2.45) is 0 Å². The van der Waals surface area contributed by atoms with E-state index in [0.717, 1.165) is 45.3 Å². The third kappa shape index (κ3) is 5.18. The summed E-state index contributed by atoms with van der Waals surface area (Å²) in [5.41, 5.74) is 1.69. The van der Waals surface area contributed by atoms with E-state index in [1.165, 1.54) is 0 Å². The Labute approximate surface area is 186 Å². The lowest BCUT2D eigenvalue weighted by molar-refractivity contribution is 0.293. The molecular formula is C23H36N4O3S. The number of sulfonamides is 1. The monoisotopic (exact) mass is 448 g/mol. The number of aryl methyl sites for hydroxylation is 1. The second-order valence-electron chi connectivity index (χ2n) is 8.60. The first-order valence-corrected chi connectivity index (χ1v) is 13.0. The second-order valence-corrected chi connectivity index (χ2v) is 10.5. The molecule has 1 fully saturated rings. The van der Waals surface area contributed by atoms with Gasteiger partial charge in [0.2, 0.25) is 10.0 Å². The molecule has 1 aliphatic rings. The third-order valence-electron chi connectivity index (χ3n) is 6.19. The van der Waals surface area contributed by atoms with E-state index in [9.17, 15) is 13.2 Å². The molecule has 1 aromatic carbocycles. The Morgan fingerprint density at radius 3 is 2.39 bits per heavy atom. The van der Waals surface area contributed by atoms with Crippen molar-refractivity contribution in [1.29, 1.82) is 0 Å². The highest BCUT2D eigenvalue weighted by molar-refractivity contribution is 7.89. The van der Waals surface area contributed by atoms with Crippen molar-refractivity contribution >= 4 is 21.1 Å². The van der Waals surface area contributed by atoms with E-state index in [4.69, 9.17) is 0 Å². The quantitative estimate of drug-likeness (QED) is 0.587. The topological polar surface area (TPSA) is 75.5 Å². The van der Waals surface area contributed by atoms with Gasteiger partial charge >= 0.3 is 0 Å². The van der Waals surface area contributed by atoms with Crippen molar-refractivity contribution < 1.29 is 8.42 Å². The summed E-state index contributed by atoms with van der Waals surface area (Å²) in [5, 5.41) is 0. The minimum Gasteiger partial charge on any atom is -0.305 e. The average molecular weight is 449 g/mol. The number of nitrogens with zero attached hydrogens (tertiary/aromatic N) is 4. The Bertz CT molecular complexity index is 1050. The Balaban J connectivity index is 2.01. The van der Waals surface area contributed by atoms with Gasteiger partial charge in [-0.1, -0.05) is 34.1 Å². The van der Waals surface area contributed by atoms with Gasteiger partial charge in [-0.15, -0.1) is 0 Å². The Morgan fingerprint density at radius 1 is 1.10 bits per heavy atom. The molecule has 0 saturated carbocycles. The summed E-state index contributed by atoms with van der Waals surface area (Å²) in [6.45, 7) is 12.8. The highest BCUT2D eigenvalue weighted by atomic mass is 32.2. The number of aromatic nitrogens is 2. The van der Waals surface area contributed by atoms with Gasteiger partial charge in [0, 0.05) is 25.6 Å². The molecule has 0 radical (unpaired) electrons. The van der Waals surface area contributed by atoms with Crippen molar-refractivity contribution in [3.8, 4) is 0 Å². The molecular weight excluding hydrogens is 412 g/mol. The predicted octanol–water partition coefficient (Wildman–Crippen LogP) is 3.43. The molecule has 7 nitrogen and oxygen atoms in total. The summed E-state index contributed by atoms with van der Waals surface area (Å²) in [6, 6.07) is 5.02. The summed E-state index contributed by atoms with van der Waals surface area (Å²) < 4.78 is 29.6. The largest absolute Gasteiger partial charge is 0.305 e. The standard InChI is InChI=1S/C23H36N4O3S/c1-5-25(6-2)13-10-16-27-21-12-11-19(31(29,30)26-14-8-7-9-15-26)17-20(21)24-22(18(3)4)23(27)28/h11-12,17-18H,5-10,13-16H2,1-4H3. The zero-order valence-electron chi connectivity index (χ0n) is 19.3. The number of fused-ring (bicyclic) bond motifs is 1. The molecule has 172 valence electrons. The van der Waals surface area contributed by atoms with Gasteiger partial charge in [-0.25, -0.2) is 13.4 Å². The number of hydrogen-bond acceptors (Lipinski definition) is 5. The van der Waals surface area contributed by atoms with Gasteiger partial charge in [-0.2, -0.15) is 4.31 Å². The molecule has 3 rings (SSSR count).